The first-order valence-electron chi connectivity index (χ1n) is 7.86. The van der Waals surface area contributed by atoms with Crippen LogP contribution < -0.4 is 4.90 Å². The van der Waals surface area contributed by atoms with Crippen molar-refractivity contribution in [3.05, 3.63) is 17.6 Å². The Labute approximate surface area is 125 Å². The van der Waals surface area contributed by atoms with Crippen molar-refractivity contribution in [3.63, 3.8) is 0 Å². The Morgan fingerprint density at radius 3 is 2.86 bits per heavy atom. The van der Waals surface area contributed by atoms with E-state index in [0.717, 1.165) is 25.2 Å². The van der Waals surface area contributed by atoms with Crippen molar-refractivity contribution < 1.29 is 9.53 Å². The molecule has 1 aliphatic carbocycles. The molecule has 0 N–H and O–H groups in total. The summed E-state index contributed by atoms with van der Waals surface area (Å²) in [6, 6.07) is 0. The Hall–Kier alpha value is -1.65. The molecule has 2 unspecified atom stereocenters. The first kappa shape index (κ1) is 14.3. The third kappa shape index (κ3) is 2.74. The summed E-state index contributed by atoms with van der Waals surface area (Å²) in [5.74, 6) is 1.19. The number of ether oxygens (including phenoxy) is 1. The van der Waals surface area contributed by atoms with Crippen LogP contribution in [0.25, 0.3) is 0 Å². The van der Waals surface area contributed by atoms with E-state index in [9.17, 15) is 4.79 Å². The number of carbonyl (C=O) groups is 1. The number of aryl methyl sites for hydroxylation is 1. The van der Waals surface area contributed by atoms with Gasteiger partial charge in [-0.1, -0.05) is 13.3 Å². The second kappa shape index (κ2) is 6.00. The minimum absolute atomic E-state index is 0.0496. The van der Waals surface area contributed by atoms with Gasteiger partial charge in [-0.3, -0.25) is 4.79 Å². The minimum atomic E-state index is -0.106. The summed E-state index contributed by atoms with van der Waals surface area (Å²) in [5.41, 5.74) is 2.50. The monoisotopic (exact) mass is 289 g/mol. The normalized spacial score (nSPS) is 25.3. The lowest BCUT2D eigenvalue weighted by Gasteiger charge is -2.21. The number of rotatable bonds is 2. The van der Waals surface area contributed by atoms with Crippen molar-refractivity contribution in [1.29, 1.82) is 0 Å². The van der Waals surface area contributed by atoms with Crippen molar-refractivity contribution >= 4 is 11.8 Å². The van der Waals surface area contributed by atoms with E-state index < -0.39 is 0 Å². The van der Waals surface area contributed by atoms with Crippen LogP contribution >= 0.6 is 0 Å². The molecule has 2 atom stereocenters. The SMILES string of the molecule is COC(=O)C1CN(c2ncnc3c2CCCCC3)CC1C. The molecule has 2 heterocycles. The smallest absolute Gasteiger partial charge is 0.310 e. The maximum absolute atomic E-state index is 11.9. The standard InChI is InChI=1S/C16H23N3O2/c1-11-8-19(9-13(11)16(20)21-2)15-12-6-4-3-5-7-14(12)17-10-18-15/h10-11,13H,3-9H2,1-2H3. The van der Waals surface area contributed by atoms with Crippen molar-refractivity contribution in [1.82, 2.24) is 9.97 Å². The molecule has 114 valence electrons. The molecule has 0 amide bonds. The van der Waals surface area contributed by atoms with Gasteiger partial charge in [-0.25, -0.2) is 9.97 Å². The van der Waals surface area contributed by atoms with Gasteiger partial charge < -0.3 is 9.64 Å². The van der Waals surface area contributed by atoms with E-state index >= 15 is 0 Å². The number of anilines is 1. The summed E-state index contributed by atoms with van der Waals surface area (Å²) in [7, 11) is 1.47. The molecular weight excluding hydrogens is 266 g/mol. The van der Waals surface area contributed by atoms with Gasteiger partial charge in [0.2, 0.25) is 0 Å². The second-order valence-corrected chi connectivity index (χ2v) is 6.20. The molecule has 1 aliphatic heterocycles. The summed E-state index contributed by atoms with van der Waals surface area (Å²) in [5, 5.41) is 0. The quantitative estimate of drug-likeness (QED) is 0.615. The average Bonchev–Trinajstić information content (AvgIpc) is 2.73. The van der Waals surface area contributed by atoms with Gasteiger partial charge in [-0.15, -0.1) is 0 Å². The molecule has 5 heteroatoms. The number of esters is 1. The summed E-state index contributed by atoms with van der Waals surface area (Å²) >= 11 is 0. The second-order valence-electron chi connectivity index (χ2n) is 6.20. The lowest BCUT2D eigenvalue weighted by Crippen LogP contribution is -2.26. The Morgan fingerprint density at radius 2 is 2.05 bits per heavy atom. The van der Waals surface area contributed by atoms with Gasteiger partial charge in [-0.2, -0.15) is 0 Å². The van der Waals surface area contributed by atoms with Crippen LogP contribution in [0, 0.1) is 11.8 Å². The highest BCUT2D eigenvalue weighted by Gasteiger charge is 2.37. The van der Waals surface area contributed by atoms with E-state index in [1.165, 1.54) is 37.6 Å². The fraction of sp³-hybridized carbons (Fsp3) is 0.688. The largest absolute Gasteiger partial charge is 0.469 e. The molecule has 0 bridgehead atoms. The zero-order valence-electron chi connectivity index (χ0n) is 12.8. The Kier molecular flexibility index (Phi) is 4.08. The van der Waals surface area contributed by atoms with Crippen molar-refractivity contribution in [2.24, 2.45) is 11.8 Å². The van der Waals surface area contributed by atoms with Crippen molar-refractivity contribution in [2.45, 2.75) is 39.0 Å². The molecule has 0 spiro atoms. The van der Waals surface area contributed by atoms with E-state index in [2.05, 4.69) is 21.8 Å². The molecule has 0 radical (unpaired) electrons. The van der Waals surface area contributed by atoms with Gasteiger partial charge in [-0.05, 0) is 31.6 Å². The predicted octanol–water partition coefficient (Wildman–Crippen LogP) is 1.99. The lowest BCUT2D eigenvalue weighted by molar-refractivity contribution is -0.145. The highest BCUT2D eigenvalue weighted by atomic mass is 16.5. The van der Waals surface area contributed by atoms with Gasteiger partial charge in [0.15, 0.2) is 0 Å². The molecule has 2 aliphatic rings. The molecule has 1 aromatic rings. The van der Waals surface area contributed by atoms with Crippen LogP contribution in [-0.4, -0.2) is 36.1 Å². The van der Waals surface area contributed by atoms with E-state index in [-0.39, 0.29) is 11.9 Å². The number of nitrogens with zero attached hydrogens (tertiary/aromatic N) is 3. The van der Waals surface area contributed by atoms with Crippen LogP contribution in [0.1, 0.15) is 37.4 Å². The molecule has 0 saturated carbocycles. The summed E-state index contributed by atoms with van der Waals surface area (Å²) in [6.07, 6.45) is 7.46. The van der Waals surface area contributed by atoms with Crippen LogP contribution in [0.4, 0.5) is 5.82 Å². The van der Waals surface area contributed by atoms with Gasteiger partial charge in [0.25, 0.3) is 0 Å². The van der Waals surface area contributed by atoms with Crippen LogP contribution in [0.3, 0.4) is 0 Å². The first-order chi connectivity index (χ1) is 10.2. The van der Waals surface area contributed by atoms with E-state index in [1.807, 2.05) is 0 Å². The minimum Gasteiger partial charge on any atom is -0.469 e. The first-order valence-corrected chi connectivity index (χ1v) is 7.86. The summed E-state index contributed by atoms with van der Waals surface area (Å²) in [6.45, 7) is 3.68. The van der Waals surface area contributed by atoms with Crippen molar-refractivity contribution in [2.75, 3.05) is 25.1 Å². The van der Waals surface area contributed by atoms with Gasteiger partial charge >= 0.3 is 5.97 Å². The maximum Gasteiger partial charge on any atom is 0.310 e. The Bertz CT molecular complexity index is 532. The van der Waals surface area contributed by atoms with Crippen molar-refractivity contribution in [3.8, 4) is 0 Å². The summed E-state index contributed by atoms with van der Waals surface area (Å²) in [4.78, 5) is 23.1. The molecule has 1 aromatic heterocycles. The molecule has 0 aromatic carbocycles. The van der Waals surface area contributed by atoms with Gasteiger partial charge in [0.1, 0.15) is 12.1 Å². The number of methoxy groups -OCH3 is 1. The molecule has 1 fully saturated rings. The third-order valence-corrected chi connectivity index (χ3v) is 4.77. The third-order valence-electron chi connectivity index (χ3n) is 4.77. The van der Waals surface area contributed by atoms with Crippen LogP contribution in [-0.2, 0) is 22.4 Å². The van der Waals surface area contributed by atoms with Gasteiger partial charge in [0, 0.05) is 24.3 Å². The molecule has 1 saturated heterocycles. The number of hydrogen-bond acceptors (Lipinski definition) is 5. The average molecular weight is 289 g/mol. The fourth-order valence-electron chi connectivity index (χ4n) is 3.55. The highest BCUT2D eigenvalue weighted by molar-refractivity contribution is 5.74. The Morgan fingerprint density at radius 1 is 1.24 bits per heavy atom. The fourth-order valence-corrected chi connectivity index (χ4v) is 3.55. The zero-order valence-corrected chi connectivity index (χ0v) is 12.8. The van der Waals surface area contributed by atoms with E-state index in [1.54, 1.807) is 6.33 Å². The zero-order chi connectivity index (χ0) is 14.8. The summed E-state index contributed by atoms with van der Waals surface area (Å²) < 4.78 is 4.92. The van der Waals surface area contributed by atoms with Crippen LogP contribution in [0.2, 0.25) is 0 Å². The van der Waals surface area contributed by atoms with Gasteiger partial charge in [0.05, 0.1) is 13.0 Å². The molecule has 5 nitrogen and oxygen atoms in total. The topological polar surface area (TPSA) is 55.3 Å². The number of aromatic nitrogens is 2. The van der Waals surface area contributed by atoms with E-state index in [0.29, 0.717) is 12.5 Å². The molecular formula is C16H23N3O2. The van der Waals surface area contributed by atoms with E-state index in [4.69, 9.17) is 4.74 Å². The number of fused-ring (bicyclic) bond motifs is 1. The highest BCUT2D eigenvalue weighted by Crippen LogP contribution is 2.32. The maximum atomic E-state index is 11.9. The lowest BCUT2D eigenvalue weighted by atomic mass is 9.99. The Balaban J connectivity index is 1.86. The van der Waals surface area contributed by atoms with Crippen LogP contribution in [0.15, 0.2) is 6.33 Å². The predicted molar refractivity (Wildman–Crippen MR) is 80.2 cm³/mol. The number of hydrogen-bond donors (Lipinski definition) is 0. The molecule has 3 rings (SSSR count). The molecule has 21 heavy (non-hydrogen) atoms. The van der Waals surface area contributed by atoms with Crippen LogP contribution in [0.5, 0.6) is 0 Å². The number of carbonyl (C=O) groups excluding carboxylic acids is 1.